The molecule has 5 rings (SSSR count). The van der Waals surface area contributed by atoms with Gasteiger partial charge in [0.1, 0.15) is 0 Å². The first-order valence-corrected chi connectivity index (χ1v) is 15.6. The molecule has 0 spiro atoms. The topological polar surface area (TPSA) is 4.93 Å². The third kappa shape index (κ3) is 5.44. The van der Waals surface area contributed by atoms with Crippen LogP contribution in [0.1, 0.15) is 111 Å². The third-order valence-electron chi connectivity index (χ3n) is 9.02. The van der Waals surface area contributed by atoms with Crippen molar-refractivity contribution in [1.29, 1.82) is 0 Å². The molecule has 220 valence electrons. The molecule has 1 aromatic heterocycles. The summed E-state index contributed by atoms with van der Waals surface area (Å²) >= 11 is 0. The average molecular weight is 558 g/mol. The summed E-state index contributed by atoms with van der Waals surface area (Å²) in [6.45, 7) is 30.0. The van der Waals surface area contributed by atoms with E-state index >= 15 is 0 Å². The molecule has 0 radical (unpaired) electrons. The fourth-order valence-corrected chi connectivity index (χ4v) is 6.04. The summed E-state index contributed by atoms with van der Waals surface area (Å²) in [6, 6.07) is 28.3. The van der Waals surface area contributed by atoms with Crippen LogP contribution < -0.4 is 0 Å². The number of hydrogen-bond acceptors (Lipinski definition) is 0. The summed E-state index contributed by atoms with van der Waals surface area (Å²) in [5.41, 5.74) is 13.5. The van der Waals surface area contributed by atoms with Gasteiger partial charge in [-0.3, -0.25) is 0 Å². The summed E-state index contributed by atoms with van der Waals surface area (Å²) < 4.78 is 2.50. The number of fused-ring (bicyclic) bond motifs is 3. The van der Waals surface area contributed by atoms with Crippen LogP contribution in [0.5, 0.6) is 0 Å². The Bertz CT molecular complexity index is 1690. The molecule has 0 amide bonds. The van der Waals surface area contributed by atoms with Crippen LogP contribution in [0.4, 0.5) is 0 Å². The van der Waals surface area contributed by atoms with Crippen molar-refractivity contribution in [2.24, 2.45) is 0 Å². The number of nitrogens with zero attached hydrogens (tertiary/aromatic N) is 1. The molecule has 0 bridgehead atoms. The van der Waals surface area contributed by atoms with Crippen LogP contribution in [0.2, 0.25) is 0 Å². The molecule has 0 unspecified atom stereocenters. The van der Waals surface area contributed by atoms with Gasteiger partial charge in [0, 0.05) is 16.5 Å². The molecule has 0 aliphatic carbocycles. The lowest BCUT2D eigenvalue weighted by molar-refractivity contribution is 0.569. The van der Waals surface area contributed by atoms with Gasteiger partial charge in [0.2, 0.25) is 0 Å². The SMILES string of the molecule is Cc1c(-c2cc(C(C)(C)C)cc(C(C)(C)C)c2)cccc1-n1c2ccc(C(C)(C)C)cc2c2cc(C(C)(C)C)ccc21. The molecule has 0 aliphatic heterocycles. The molecule has 1 nitrogen and oxygen atoms in total. The van der Waals surface area contributed by atoms with Gasteiger partial charge in [0.15, 0.2) is 0 Å². The normalized spacial score (nSPS) is 13.4. The molecule has 0 saturated heterocycles. The van der Waals surface area contributed by atoms with E-state index in [1.54, 1.807) is 0 Å². The summed E-state index contributed by atoms with van der Waals surface area (Å²) in [4.78, 5) is 0. The standard InChI is InChI=1S/C41H51N/c1-26-32(27-21-30(40(8,9)10)23-31(22-27)41(11,12)13)15-14-16-35(26)42-36-19-17-28(38(2,3)4)24-33(36)34-25-29(39(5,6)7)18-20-37(34)42/h14-25H,1-13H3. The molecule has 0 N–H and O–H groups in total. The van der Waals surface area contributed by atoms with Gasteiger partial charge in [-0.05, 0) is 97.9 Å². The molecular formula is C41H51N. The second-order valence-electron chi connectivity index (χ2n) is 16.5. The summed E-state index contributed by atoms with van der Waals surface area (Å²) in [5.74, 6) is 0. The Hall–Kier alpha value is -3.32. The molecule has 42 heavy (non-hydrogen) atoms. The van der Waals surface area contributed by atoms with Crippen molar-refractivity contribution in [2.45, 2.75) is 112 Å². The van der Waals surface area contributed by atoms with Crippen molar-refractivity contribution in [3.63, 3.8) is 0 Å². The maximum Gasteiger partial charge on any atom is 0.0541 e. The van der Waals surface area contributed by atoms with Gasteiger partial charge in [-0.25, -0.2) is 0 Å². The Labute approximate surface area is 255 Å². The zero-order chi connectivity index (χ0) is 31.0. The molecule has 1 heterocycles. The first kappa shape index (κ1) is 30.1. The van der Waals surface area contributed by atoms with E-state index in [1.165, 1.54) is 66.4 Å². The molecule has 4 aromatic carbocycles. The van der Waals surface area contributed by atoms with E-state index in [1.807, 2.05) is 0 Å². The molecule has 1 heteroatoms. The fraction of sp³-hybridized carbons (Fsp3) is 0.415. The molecule has 0 saturated carbocycles. The molecular weight excluding hydrogens is 506 g/mol. The van der Waals surface area contributed by atoms with Crippen LogP contribution in [0.25, 0.3) is 38.6 Å². The highest BCUT2D eigenvalue weighted by Gasteiger charge is 2.24. The van der Waals surface area contributed by atoms with Crippen molar-refractivity contribution < 1.29 is 0 Å². The lowest BCUT2D eigenvalue weighted by atomic mass is 9.78. The lowest BCUT2D eigenvalue weighted by Crippen LogP contribution is -2.16. The smallest absolute Gasteiger partial charge is 0.0541 e. The number of hydrogen-bond donors (Lipinski definition) is 0. The minimum Gasteiger partial charge on any atom is -0.309 e. The Morgan fingerprint density at radius 1 is 0.452 bits per heavy atom. The minimum atomic E-state index is 0.0733. The quantitative estimate of drug-likeness (QED) is 0.203. The Morgan fingerprint density at radius 3 is 1.29 bits per heavy atom. The maximum absolute atomic E-state index is 2.50. The zero-order valence-corrected chi connectivity index (χ0v) is 28.4. The first-order chi connectivity index (χ1) is 19.3. The van der Waals surface area contributed by atoms with Crippen LogP contribution >= 0.6 is 0 Å². The molecule has 0 fully saturated rings. The van der Waals surface area contributed by atoms with Crippen molar-refractivity contribution in [3.8, 4) is 16.8 Å². The highest BCUT2D eigenvalue weighted by molar-refractivity contribution is 6.10. The van der Waals surface area contributed by atoms with Crippen molar-refractivity contribution in [2.75, 3.05) is 0 Å². The molecule has 0 atom stereocenters. The van der Waals surface area contributed by atoms with Gasteiger partial charge in [-0.15, -0.1) is 0 Å². The van der Waals surface area contributed by atoms with Gasteiger partial charge in [-0.2, -0.15) is 0 Å². The number of rotatable bonds is 2. The number of benzene rings is 4. The van der Waals surface area contributed by atoms with Crippen LogP contribution in [0.15, 0.2) is 72.8 Å². The van der Waals surface area contributed by atoms with E-state index in [2.05, 4.69) is 167 Å². The predicted octanol–water partition coefficient (Wildman–Crippen LogP) is 11.9. The van der Waals surface area contributed by atoms with Gasteiger partial charge in [-0.1, -0.05) is 126 Å². The maximum atomic E-state index is 2.50. The zero-order valence-electron chi connectivity index (χ0n) is 28.4. The fourth-order valence-electron chi connectivity index (χ4n) is 6.04. The summed E-state index contributed by atoms with van der Waals surface area (Å²) in [5, 5.41) is 2.66. The first-order valence-electron chi connectivity index (χ1n) is 15.6. The van der Waals surface area contributed by atoms with E-state index in [0.717, 1.165) is 0 Å². The van der Waals surface area contributed by atoms with Crippen LogP contribution in [-0.4, -0.2) is 4.57 Å². The minimum absolute atomic E-state index is 0.0733. The van der Waals surface area contributed by atoms with E-state index in [4.69, 9.17) is 0 Å². The van der Waals surface area contributed by atoms with Gasteiger partial charge in [0.25, 0.3) is 0 Å². The van der Waals surface area contributed by atoms with Gasteiger partial charge in [0.05, 0.1) is 11.0 Å². The largest absolute Gasteiger partial charge is 0.309 e. The predicted molar refractivity (Wildman–Crippen MR) is 186 cm³/mol. The van der Waals surface area contributed by atoms with E-state index < -0.39 is 0 Å². The van der Waals surface area contributed by atoms with Crippen LogP contribution in [0.3, 0.4) is 0 Å². The summed E-state index contributed by atoms with van der Waals surface area (Å²) in [7, 11) is 0. The molecule has 0 aliphatic rings. The van der Waals surface area contributed by atoms with Crippen molar-refractivity contribution in [1.82, 2.24) is 4.57 Å². The third-order valence-corrected chi connectivity index (χ3v) is 9.02. The van der Waals surface area contributed by atoms with Crippen LogP contribution in [-0.2, 0) is 21.7 Å². The van der Waals surface area contributed by atoms with E-state index in [0.29, 0.717) is 0 Å². The average Bonchev–Trinajstić information content (AvgIpc) is 3.19. The Kier molecular flexibility index (Phi) is 7.08. The lowest BCUT2D eigenvalue weighted by Gasteiger charge is -2.27. The monoisotopic (exact) mass is 557 g/mol. The second-order valence-corrected chi connectivity index (χ2v) is 16.5. The van der Waals surface area contributed by atoms with Crippen molar-refractivity contribution in [3.05, 3.63) is 101 Å². The number of aromatic nitrogens is 1. The Morgan fingerprint density at radius 2 is 0.881 bits per heavy atom. The van der Waals surface area contributed by atoms with Crippen LogP contribution in [0, 0.1) is 6.92 Å². The van der Waals surface area contributed by atoms with E-state index in [-0.39, 0.29) is 21.7 Å². The second kappa shape index (κ2) is 9.87. The van der Waals surface area contributed by atoms with E-state index in [9.17, 15) is 0 Å². The van der Waals surface area contributed by atoms with Gasteiger partial charge >= 0.3 is 0 Å². The molecule has 5 aromatic rings. The Balaban J connectivity index is 1.82. The van der Waals surface area contributed by atoms with Gasteiger partial charge < -0.3 is 4.57 Å². The highest BCUT2D eigenvalue weighted by Crippen LogP contribution is 2.40. The van der Waals surface area contributed by atoms with Crippen molar-refractivity contribution >= 4 is 21.8 Å². The highest BCUT2D eigenvalue weighted by atomic mass is 15.0. The summed E-state index contributed by atoms with van der Waals surface area (Å²) in [6.07, 6.45) is 0.